The molecule has 16 heavy (non-hydrogen) atoms. The van der Waals surface area contributed by atoms with Gasteiger partial charge in [0.15, 0.2) is 0 Å². The number of aromatic nitrogens is 1. The number of nitrogens with zero attached hydrogens (tertiary/aromatic N) is 1. The molecule has 0 fully saturated rings. The van der Waals surface area contributed by atoms with Gasteiger partial charge in [-0.3, -0.25) is 0 Å². The first-order valence-electron chi connectivity index (χ1n) is 5.18. The van der Waals surface area contributed by atoms with Crippen LogP contribution < -0.4 is 10.1 Å². The summed E-state index contributed by atoms with van der Waals surface area (Å²) in [7, 11) is 1.33. The molecule has 1 rings (SSSR count). The molecule has 0 saturated carbocycles. The van der Waals surface area contributed by atoms with Crippen molar-refractivity contribution in [2.24, 2.45) is 0 Å². The Labute approximate surface area is 94.8 Å². The molecule has 88 valence electrons. The molecule has 0 unspecified atom stereocenters. The first-order valence-corrected chi connectivity index (χ1v) is 5.18. The van der Waals surface area contributed by atoms with Crippen LogP contribution in [-0.2, 0) is 4.74 Å². The summed E-state index contributed by atoms with van der Waals surface area (Å²) in [5.41, 5.74) is 0.339. The minimum atomic E-state index is -0.445. The largest absolute Gasteiger partial charge is 0.477 e. The topological polar surface area (TPSA) is 60.5 Å². The predicted octanol–water partition coefficient (Wildman–Crippen LogP) is 1.70. The normalized spacial score (nSPS) is 9.69. The standard InChI is InChI=1S/C11H16N2O3/c1-4-12-9-7-6-8(11(14)15-3)10(13-9)16-5-2/h6-7H,4-5H2,1-3H3,(H,12,13). The summed E-state index contributed by atoms with van der Waals surface area (Å²) >= 11 is 0. The molecule has 0 aliphatic carbocycles. The molecular formula is C11H16N2O3. The molecule has 0 amide bonds. The fraction of sp³-hybridized carbons (Fsp3) is 0.455. The van der Waals surface area contributed by atoms with Gasteiger partial charge in [-0.2, -0.15) is 4.98 Å². The highest BCUT2D eigenvalue weighted by molar-refractivity contribution is 5.92. The number of hydrogen-bond acceptors (Lipinski definition) is 5. The summed E-state index contributed by atoms with van der Waals surface area (Å²) in [6.07, 6.45) is 0. The van der Waals surface area contributed by atoms with Crippen LogP contribution in [0.5, 0.6) is 5.88 Å². The maximum absolute atomic E-state index is 11.4. The maximum atomic E-state index is 11.4. The first-order chi connectivity index (χ1) is 7.72. The van der Waals surface area contributed by atoms with Crippen molar-refractivity contribution in [2.75, 3.05) is 25.6 Å². The van der Waals surface area contributed by atoms with Crippen molar-refractivity contribution in [2.45, 2.75) is 13.8 Å². The van der Waals surface area contributed by atoms with E-state index in [4.69, 9.17) is 4.74 Å². The quantitative estimate of drug-likeness (QED) is 0.771. The number of carbonyl (C=O) groups excluding carboxylic acids is 1. The number of anilines is 1. The highest BCUT2D eigenvalue weighted by atomic mass is 16.5. The van der Waals surface area contributed by atoms with Crippen molar-refractivity contribution < 1.29 is 14.3 Å². The Hall–Kier alpha value is -1.78. The van der Waals surface area contributed by atoms with E-state index in [9.17, 15) is 4.79 Å². The summed E-state index contributed by atoms with van der Waals surface area (Å²) in [5.74, 6) is 0.533. The average molecular weight is 224 g/mol. The van der Waals surface area contributed by atoms with Crippen molar-refractivity contribution >= 4 is 11.8 Å². The van der Waals surface area contributed by atoms with E-state index in [1.54, 1.807) is 12.1 Å². The second kappa shape index (κ2) is 5.95. The minimum Gasteiger partial charge on any atom is -0.477 e. The highest BCUT2D eigenvalue weighted by Crippen LogP contribution is 2.19. The Morgan fingerprint density at radius 1 is 1.44 bits per heavy atom. The number of ether oxygens (including phenoxy) is 2. The number of methoxy groups -OCH3 is 1. The Balaban J connectivity index is 3.03. The lowest BCUT2D eigenvalue weighted by Gasteiger charge is -2.09. The van der Waals surface area contributed by atoms with Crippen molar-refractivity contribution in [1.29, 1.82) is 0 Å². The van der Waals surface area contributed by atoms with Gasteiger partial charge in [0.25, 0.3) is 0 Å². The Morgan fingerprint density at radius 3 is 2.75 bits per heavy atom. The number of carbonyl (C=O) groups is 1. The fourth-order valence-electron chi connectivity index (χ4n) is 1.23. The van der Waals surface area contributed by atoms with Crippen molar-refractivity contribution in [3.8, 4) is 5.88 Å². The molecule has 0 radical (unpaired) electrons. The van der Waals surface area contributed by atoms with Crippen molar-refractivity contribution in [1.82, 2.24) is 4.98 Å². The van der Waals surface area contributed by atoms with Crippen LogP contribution in [0.4, 0.5) is 5.82 Å². The maximum Gasteiger partial charge on any atom is 0.343 e. The molecular weight excluding hydrogens is 208 g/mol. The summed E-state index contributed by atoms with van der Waals surface area (Å²) < 4.78 is 9.94. The molecule has 0 bridgehead atoms. The van der Waals surface area contributed by atoms with E-state index < -0.39 is 5.97 Å². The molecule has 0 aromatic carbocycles. The van der Waals surface area contributed by atoms with Gasteiger partial charge in [-0.25, -0.2) is 4.79 Å². The van der Waals surface area contributed by atoms with E-state index in [1.807, 2.05) is 13.8 Å². The third-order valence-electron chi connectivity index (χ3n) is 1.90. The van der Waals surface area contributed by atoms with Gasteiger partial charge in [-0.05, 0) is 26.0 Å². The van der Waals surface area contributed by atoms with E-state index in [2.05, 4.69) is 15.0 Å². The monoisotopic (exact) mass is 224 g/mol. The molecule has 1 N–H and O–H groups in total. The second-order valence-corrected chi connectivity index (χ2v) is 3.00. The summed E-state index contributed by atoms with van der Waals surface area (Å²) in [4.78, 5) is 15.6. The molecule has 0 aliphatic heterocycles. The van der Waals surface area contributed by atoms with Crippen LogP contribution in [0, 0.1) is 0 Å². The van der Waals surface area contributed by atoms with Gasteiger partial charge in [0.1, 0.15) is 11.4 Å². The smallest absolute Gasteiger partial charge is 0.343 e. The van der Waals surface area contributed by atoms with Crippen molar-refractivity contribution in [3.63, 3.8) is 0 Å². The number of hydrogen-bond donors (Lipinski definition) is 1. The number of nitrogens with one attached hydrogen (secondary N) is 1. The molecule has 1 aromatic rings. The Kier molecular flexibility index (Phi) is 4.57. The lowest BCUT2D eigenvalue weighted by Crippen LogP contribution is -2.09. The zero-order valence-electron chi connectivity index (χ0n) is 9.74. The van der Waals surface area contributed by atoms with E-state index in [0.717, 1.165) is 6.54 Å². The molecule has 5 heteroatoms. The number of rotatable bonds is 5. The zero-order valence-corrected chi connectivity index (χ0v) is 9.74. The number of pyridine rings is 1. The first kappa shape index (κ1) is 12.3. The summed E-state index contributed by atoms with van der Waals surface area (Å²) in [6.45, 7) is 5.02. The third kappa shape index (κ3) is 2.85. The van der Waals surface area contributed by atoms with E-state index in [1.165, 1.54) is 7.11 Å². The summed E-state index contributed by atoms with van der Waals surface area (Å²) in [5, 5.41) is 3.05. The Morgan fingerprint density at radius 2 is 2.19 bits per heavy atom. The Bertz CT molecular complexity index is 366. The third-order valence-corrected chi connectivity index (χ3v) is 1.90. The van der Waals surface area contributed by atoms with Crippen molar-refractivity contribution in [3.05, 3.63) is 17.7 Å². The van der Waals surface area contributed by atoms with E-state index in [-0.39, 0.29) is 0 Å². The van der Waals surface area contributed by atoms with Crippen LogP contribution in [-0.4, -0.2) is 31.2 Å². The van der Waals surface area contributed by atoms with E-state index in [0.29, 0.717) is 23.9 Å². The second-order valence-electron chi connectivity index (χ2n) is 3.00. The van der Waals surface area contributed by atoms with Gasteiger partial charge in [-0.15, -0.1) is 0 Å². The van der Waals surface area contributed by atoms with Crippen LogP contribution in [0.3, 0.4) is 0 Å². The van der Waals surface area contributed by atoms with Crippen LogP contribution in [0.15, 0.2) is 12.1 Å². The van der Waals surface area contributed by atoms with Crippen LogP contribution >= 0.6 is 0 Å². The SMILES string of the molecule is CCNc1ccc(C(=O)OC)c(OCC)n1. The molecule has 0 atom stereocenters. The molecule has 1 heterocycles. The van der Waals surface area contributed by atoms with E-state index >= 15 is 0 Å². The van der Waals surface area contributed by atoms with Gasteiger partial charge in [0, 0.05) is 6.54 Å². The molecule has 0 saturated heterocycles. The fourth-order valence-corrected chi connectivity index (χ4v) is 1.23. The highest BCUT2D eigenvalue weighted by Gasteiger charge is 2.14. The predicted molar refractivity (Wildman–Crippen MR) is 60.9 cm³/mol. The lowest BCUT2D eigenvalue weighted by molar-refractivity contribution is 0.0595. The van der Waals surface area contributed by atoms with Crippen LogP contribution in [0.1, 0.15) is 24.2 Å². The molecule has 0 aliphatic rings. The van der Waals surface area contributed by atoms with Gasteiger partial charge in [0.2, 0.25) is 5.88 Å². The van der Waals surface area contributed by atoms with Gasteiger partial charge >= 0.3 is 5.97 Å². The number of esters is 1. The van der Waals surface area contributed by atoms with Crippen LogP contribution in [0.2, 0.25) is 0 Å². The molecule has 5 nitrogen and oxygen atoms in total. The molecule has 1 aromatic heterocycles. The van der Waals surface area contributed by atoms with Crippen LogP contribution in [0.25, 0.3) is 0 Å². The lowest BCUT2D eigenvalue weighted by atomic mass is 10.2. The van der Waals surface area contributed by atoms with Gasteiger partial charge in [-0.1, -0.05) is 0 Å². The average Bonchev–Trinajstić information content (AvgIpc) is 2.29. The summed E-state index contributed by atoms with van der Waals surface area (Å²) in [6, 6.07) is 3.36. The van der Waals surface area contributed by atoms with Gasteiger partial charge < -0.3 is 14.8 Å². The minimum absolute atomic E-state index is 0.299. The molecule has 0 spiro atoms. The van der Waals surface area contributed by atoms with Gasteiger partial charge in [0.05, 0.1) is 13.7 Å². The zero-order chi connectivity index (χ0) is 12.0.